The van der Waals surface area contributed by atoms with Gasteiger partial charge in [-0.05, 0) is 34.1 Å². The molecule has 1 unspecified atom stereocenters. The molecule has 2 aromatic rings. The molecule has 1 amide bonds. The Kier molecular flexibility index (Phi) is 4.15. The summed E-state index contributed by atoms with van der Waals surface area (Å²) in [6, 6.07) is 5.49. The van der Waals surface area contributed by atoms with Crippen molar-refractivity contribution in [2.75, 3.05) is 13.1 Å². The molecule has 5 nitrogen and oxygen atoms in total. The molecule has 0 saturated carbocycles. The summed E-state index contributed by atoms with van der Waals surface area (Å²) in [5.74, 6) is 0.724. The molecule has 0 N–H and O–H groups in total. The largest absolute Gasteiger partial charge is 0.487 e. The average molecular weight is 348 g/mol. The normalized spacial score (nSPS) is 17.8. The fraction of sp³-hybridized carbons (Fsp3) is 0.267. The molecule has 3 heterocycles. The standard InChI is InChI=1S/C15H14BrN3O2/c16-12-6-11(7-18-8-12)15(20)19-5-3-14(10-19)21-13-2-1-4-17-9-13/h1-2,4,6-9,14H,3,5,10H2. The number of aromatic nitrogens is 2. The maximum Gasteiger partial charge on any atom is 0.255 e. The second-order valence-corrected chi connectivity index (χ2v) is 5.78. The summed E-state index contributed by atoms with van der Waals surface area (Å²) >= 11 is 3.33. The Morgan fingerprint density at radius 2 is 2.24 bits per heavy atom. The van der Waals surface area contributed by atoms with Gasteiger partial charge in [0.05, 0.1) is 18.3 Å². The molecule has 0 bridgehead atoms. The van der Waals surface area contributed by atoms with Gasteiger partial charge in [0.2, 0.25) is 0 Å². The second kappa shape index (κ2) is 6.22. The van der Waals surface area contributed by atoms with Crippen molar-refractivity contribution in [3.63, 3.8) is 0 Å². The first-order valence-electron chi connectivity index (χ1n) is 6.69. The molecule has 2 aromatic heterocycles. The van der Waals surface area contributed by atoms with Crippen LogP contribution in [-0.4, -0.2) is 40.0 Å². The van der Waals surface area contributed by atoms with E-state index < -0.39 is 0 Å². The van der Waals surface area contributed by atoms with Crippen LogP contribution in [0.2, 0.25) is 0 Å². The van der Waals surface area contributed by atoms with Crippen molar-refractivity contribution in [1.29, 1.82) is 0 Å². The fourth-order valence-corrected chi connectivity index (χ4v) is 2.69. The molecule has 108 valence electrons. The van der Waals surface area contributed by atoms with E-state index in [-0.39, 0.29) is 12.0 Å². The zero-order valence-corrected chi connectivity index (χ0v) is 12.9. The Balaban J connectivity index is 1.63. The lowest BCUT2D eigenvalue weighted by atomic mass is 10.2. The van der Waals surface area contributed by atoms with Gasteiger partial charge in [0, 0.05) is 36.0 Å². The van der Waals surface area contributed by atoms with Crippen LogP contribution in [-0.2, 0) is 0 Å². The van der Waals surface area contributed by atoms with Gasteiger partial charge in [-0.15, -0.1) is 0 Å². The number of nitrogens with zero attached hydrogens (tertiary/aromatic N) is 3. The highest BCUT2D eigenvalue weighted by atomic mass is 79.9. The number of hydrogen-bond donors (Lipinski definition) is 0. The molecular formula is C15H14BrN3O2. The summed E-state index contributed by atoms with van der Waals surface area (Å²) in [4.78, 5) is 22.2. The van der Waals surface area contributed by atoms with E-state index in [2.05, 4.69) is 25.9 Å². The summed E-state index contributed by atoms with van der Waals surface area (Å²) in [5, 5.41) is 0. The third kappa shape index (κ3) is 3.39. The van der Waals surface area contributed by atoms with Crippen molar-refractivity contribution in [3.05, 3.63) is 53.0 Å². The van der Waals surface area contributed by atoms with E-state index in [1.807, 2.05) is 12.1 Å². The smallest absolute Gasteiger partial charge is 0.255 e. The minimum absolute atomic E-state index is 0.0123. The highest BCUT2D eigenvalue weighted by molar-refractivity contribution is 9.10. The van der Waals surface area contributed by atoms with E-state index in [0.29, 0.717) is 18.7 Å². The van der Waals surface area contributed by atoms with Crippen LogP contribution in [0.15, 0.2) is 47.5 Å². The van der Waals surface area contributed by atoms with Crippen molar-refractivity contribution in [3.8, 4) is 5.75 Å². The Morgan fingerprint density at radius 3 is 3.00 bits per heavy atom. The predicted octanol–water partition coefficient (Wildman–Crippen LogP) is 2.53. The van der Waals surface area contributed by atoms with Crippen LogP contribution in [0.1, 0.15) is 16.8 Å². The van der Waals surface area contributed by atoms with E-state index in [1.54, 1.807) is 35.8 Å². The Morgan fingerprint density at radius 1 is 1.33 bits per heavy atom. The SMILES string of the molecule is O=C(c1cncc(Br)c1)N1CCC(Oc2cccnc2)C1. The predicted molar refractivity (Wildman–Crippen MR) is 81.1 cm³/mol. The van der Waals surface area contributed by atoms with Gasteiger partial charge in [-0.2, -0.15) is 0 Å². The van der Waals surface area contributed by atoms with Gasteiger partial charge in [0.15, 0.2) is 0 Å². The minimum Gasteiger partial charge on any atom is -0.487 e. The topological polar surface area (TPSA) is 55.3 Å². The molecule has 0 aliphatic carbocycles. The first-order chi connectivity index (χ1) is 10.2. The van der Waals surface area contributed by atoms with Gasteiger partial charge in [0.1, 0.15) is 11.9 Å². The quantitative estimate of drug-likeness (QED) is 0.855. The maximum atomic E-state index is 12.4. The van der Waals surface area contributed by atoms with Gasteiger partial charge in [-0.25, -0.2) is 0 Å². The minimum atomic E-state index is -0.0129. The highest BCUT2D eigenvalue weighted by Gasteiger charge is 2.28. The molecule has 1 aliphatic rings. The number of ether oxygens (including phenoxy) is 1. The van der Waals surface area contributed by atoms with Crippen molar-refractivity contribution < 1.29 is 9.53 Å². The summed E-state index contributed by atoms with van der Waals surface area (Å²) in [6.07, 6.45) is 7.47. The number of halogens is 1. The van der Waals surface area contributed by atoms with Gasteiger partial charge in [0.25, 0.3) is 5.91 Å². The first-order valence-corrected chi connectivity index (χ1v) is 7.48. The summed E-state index contributed by atoms with van der Waals surface area (Å²) in [7, 11) is 0. The number of rotatable bonds is 3. The molecule has 0 spiro atoms. The van der Waals surface area contributed by atoms with E-state index in [0.717, 1.165) is 16.6 Å². The van der Waals surface area contributed by atoms with Gasteiger partial charge in [-0.3, -0.25) is 14.8 Å². The van der Waals surface area contributed by atoms with Gasteiger partial charge >= 0.3 is 0 Å². The molecule has 1 fully saturated rings. The van der Waals surface area contributed by atoms with Crippen LogP contribution in [0.5, 0.6) is 5.75 Å². The lowest BCUT2D eigenvalue weighted by molar-refractivity contribution is 0.0772. The maximum absolute atomic E-state index is 12.4. The lowest BCUT2D eigenvalue weighted by Crippen LogP contribution is -2.31. The summed E-state index contributed by atoms with van der Waals surface area (Å²) < 4.78 is 6.64. The zero-order valence-electron chi connectivity index (χ0n) is 11.3. The Labute approximate surface area is 131 Å². The van der Waals surface area contributed by atoms with Crippen LogP contribution in [0.4, 0.5) is 0 Å². The Hall–Kier alpha value is -1.95. The van der Waals surface area contributed by atoms with Crippen LogP contribution in [0.25, 0.3) is 0 Å². The number of amides is 1. The first kappa shape index (κ1) is 14.0. The summed E-state index contributed by atoms with van der Waals surface area (Å²) in [5.41, 5.74) is 0.589. The molecule has 0 radical (unpaired) electrons. The number of likely N-dealkylation sites (tertiary alicyclic amines) is 1. The fourth-order valence-electron chi connectivity index (χ4n) is 2.33. The van der Waals surface area contributed by atoms with Crippen molar-refractivity contribution in [1.82, 2.24) is 14.9 Å². The second-order valence-electron chi connectivity index (χ2n) is 4.86. The molecule has 21 heavy (non-hydrogen) atoms. The van der Waals surface area contributed by atoms with Gasteiger partial charge < -0.3 is 9.64 Å². The van der Waals surface area contributed by atoms with Crippen LogP contribution in [0, 0.1) is 0 Å². The molecular weight excluding hydrogens is 334 g/mol. The molecule has 6 heteroatoms. The molecule has 1 atom stereocenters. The van der Waals surface area contributed by atoms with Crippen molar-refractivity contribution in [2.24, 2.45) is 0 Å². The average Bonchev–Trinajstić information content (AvgIpc) is 2.96. The number of hydrogen-bond acceptors (Lipinski definition) is 4. The number of carbonyl (C=O) groups excluding carboxylic acids is 1. The van der Waals surface area contributed by atoms with E-state index >= 15 is 0 Å². The third-order valence-electron chi connectivity index (χ3n) is 3.32. The van der Waals surface area contributed by atoms with Gasteiger partial charge in [-0.1, -0.05) is 0 Å². The van der Waals surface area contributed by atoms with E-state index in [4.69, 9.17) is 4.74 Å². The molecule has 0 aromatic carbocycles. The van der Waals surface area contributed by atoms with Crippen LogP contribution >= 0.6 is 15.9 Å². The summed E-state index contributed by atoms with van der Waals surface area (Å²) in [6.45, 7) is 1.27. The van der Waals surface area contributed by atoms with E-state index in [9.17, 15) is 4.79 Å². The zero-order chi connectivity index (χ0) is 14.7. The van der Waals surface area contributed by atoms with E-state index in [1.165, 1.54) is 0 Å². The third-order valence-corrected chi connectivity index (χ3v) is 3.75. The number of pyridine rings is 2. The van der Waals surface area contributed by atoms with Crippen molar-refractivity contribution in [2.45, 2.75) is 12.5 Å². The molecule has 1 aliphatic heterocycles. The highest BCUT2D eigenvalue weighted by Crippen LogP contribution is 2.20. The Bertz CT molecular complexity index is 636. The molecule has 1 saturated heterocycles. The van der Waals surface area contributed by atoms with Crippen molar-refractivity contribution >= 4 is 21.8 Å². The number of carbonyl (C=O) groups is 1. The van der Waals surface area contributed by atoms with Crippen LogP contribution < -0.4 is 4.74 Å². The molecule has 3 rings (SSSR count). The van der Waals surface area contributed by atoms with Crippen LogP contribution in [0.3, 0.4) is 0 Å². The monoisotopic (exact) mass is 347 g/mol. The lowest BCUT2D eigenvalue weighted by Gasteiger charge is -2.17.